The smallest absolute Gasteiger partial charge is 0.314 e. The zero-order chi connectivity index (χ0) is 14.2. The quantitative estimate of drug-likeness (QED) is 0.769. The molecule has 2 amide bonds. The third kappa shape index (κ3) is 5.64. The summed E-state index contributed by atoms with van der Waals surface area (Å²) in [6, 6.07) is -0.0580. The number of carbonyl (C=O) groups is 1. The number of morpholine rings is 1. The zero-order valence-electron chi connectivity index (χ0n) is 12.4. The molecule has 0 aromatic heterocycles. The molecule has 0 aromatic carbocycles. The second-order valence-electron chi connectivity index (χ2n) is 5.66. The Morgan fingerprint density at radius 3 is 2.80 bits per heavy atom. The number of rotatable bonds is 5. The first-order valence-electron chi connectivity index (χ1n) is 7.67. The van der Waals surface area contributed by atoms with Crippen LogP contribution in [0.2, 0.25) is 0 Å². The Morgan fingerprint density at radius 1 is 1.25 bits per heavy atom. The van der Waals surface area contributed by atoms with Gasteiger partial charge in [-0.3, -0.25) is 4.90 Å². The maximum absolute atomic E-state index is 11.7. The molecule has 2 N–H and O–H groups in total. The summed E-state index contributed by atoms with van der Waals surface area (Å²) in [6.07, 6.45) is 2.40. The number of nitrogens with one attached hydrogen (secondary N) is 2. The van der Waals surface area contributed by atoms with Crippen LogP contribution >= 0.6 is 0 Å². The van der Waals surface area contributed by atoms with Crippen molar-refractivity contribution in [2.75, 3.05) is 52.5 Å². The molecule has 2 aliphatic rings. The van der Waals surface area contributed by atoms with E-state index in [9.17, 15) is 4.79 Å². The maximum atomic E-state index is 11.7. The van der Waals surface area contributed by atoms with Crippen molar-refractivity contribution in [3.05, 3.63) is 0 Å². The third-order valence-electron chi connectivity index (χ3n) is 3.96. The van der Waals surface area contributed by atoms with Crippen LogP contribution in [0.3, 0.4) is 0 Å². The van der Waals surface area contributed by atoms with Gasteiger partial charge in [0.1, 0.15) is 0 Å². The van der Waals surface area contributed by atoms with E-state index in [-0.39, 0.29) is 6.03 Å². The minimum absolute atomic E-state index is 0.0580. The highest BCUT2D eigenvalue weighted by atomic mass is 16.5. The Kier molecular flexibility index (Phi) is 6.56. The Balaban J connectivity index is 1.51. The molecule has 2 saturated heterocycles. The monoisotopic (exact) mass is 285 g/mol. The summed E-state index contributed by atoms with van der Waals surface area (Å²) >= 11 is 0. The van der Waals surface area contributed by atoms with Crippen molar-refractivity contribution in [3.8, 4) is 0 Å². The van der Waals surface area contributed by atoms with Gasteiger partial charge in [-0.15, -0.1) is 0 Å². The van der Waals surface area contributed by atoms with Crippen LogP contribution in [-0.2, 0) is 9.47 Å². The molecule has 0 saturated carbocycles. The van der Waals surface area contributed by atoms with Crippen LogP contribution in [0.15, 0.2) is 0 Å². The van der Waals surface area contributed by atoms with Crippen molar-refractivity contribution in [1.82, 2.24) is 15.5 Å². The summed E-state index contributed by atoms with van der Waals surface area (Å²) in [6.45, 7) is 8.76. The van der Waals surface area contributed by atoms with Crippen LogP contribution < -0.4 is 10.6 Å². The second-order valence-corrected chi connectivity index (χ2v) is 5.66. The molecule has 2 atom stereocenters. The van der Waals surface area contributed by atoms with Gasteiger partial charge in [-0.05, 0) is 25.7 Å². The first kappa shape index (κ1) is 15.5. The van der Waals surface area contributed by atoms with Gasteiger partial charge in [0, 0.05) is 39.3 Å². The lowest BCUT2D eigenvalue weighted by atomic mass is 9.96. The highest BCUT2D eigenvalue weighted by molar-refractivity contribution is 5.73. The van der Waals surface area contributed by atoms with Crippen LogP contribution in [0.25, 0.3) is 0 Å². The summed E-state index contributed by atoms with van der Waals surface area (Å²) < 4.78 is 10.8. The molecule has 2 fully saturated rings. The maximum Gasteiger partial charge on any atom is 0.314 e. The van der Waals surface area contributed by atoms with Crippen LogP contribution in [0.1, 0.15) is 19.8 Å². The van der Waals surface area contributed by atoms with Crippen molar-refractivity contribution in [2.24, 2.45) is 5.92 Å². The molecule has 6 nitrogen and oxygen atoms in total. The second kappa shape index (κ2) is 8.44. The lowest BCUT2D eigenvalue weighted by Crippen LogP contribution is -2.45. The Hall–Kier alpha value is -0.850. The molecule has 0 unspecified atom stereocenters. The van der Waals surface area contributed by atoms with E-state index in [1.807, 2.05) is 0 Å². The lowest BCUT2D eigenvalue weighted by Gasteiger charge is -2.28. The minimum Gasteiger partial charge on any atom is -0.379 e. The van der Waals surface area contributed by atoms with Gasteiger partial charge in [-0.2, -0.15) is 0 Å². The van der Waals surface area contributed by atoms with Crippen molar-refractivity contribution >= 4 is 6.03 Å². The molecule has 0 radical (unpaired) electrons. The minimum atomic E-state index is -0.0580. The lowest BCUT2D eigenvalue weighted by molar-refractivity contribution is 0.00345. The fourth-order valence-corrected chi connectivity index (χ4v) is 2.73. The molecular formula is C14H27N3O3. The molecule has 116 valence electrons. The highest BCUT2D eigenvalue weighted by Gasteiger charge is 2.19. The molecule has 0 spiro atoms. The van der Waals surface area contributed by atoms with Gasteiger partial charge < -0.3 is 20.1 Å². The van der Waals surface area contributed by atoms with E-state index < -0.39 is 0 Å². The predicted molar refractivity (Wildman–Crippen MR) is 76.8 cm³/mol. The molecule has 2 rings (SSSR count). The fraction of sp³-hybridized carbons (Fsp3) is 0.929. The first-order chi connectivity index (χ1) is 9.74. The van der Waals surface area contributed by atoms with Gasteiger partial charge in [-0.25, -0.2) is 4.79 Å². The average Bonchev–Trinajstić information content (AvgIpc) is 2.46. The molecule has 2 aliphatic heterocycles. The number of hydrogen-bond donors (Lipinski definition) is 2. The van der Waals surface area contributed by atoms with Gasteiger partial charge in [0.15, 0.2) is 0 Å². The largest absolute Gasteiger partial charge is 0.379 e. The molecule has 0 aromatic rings. The van der Waals surface area contributed by atoms with Crippen LogP contribution in [0, 0.1) is 5.92 Å². The van der Waals surface area contributed by atoms with E-state index in [4.69, 9.17) is 9.47 Å². The number of hydrogen-bond acceptors (Lipinski definition) is 4. The van der Waals surface area contributed by atoms with E-state index in [1.165, 1.54) is 0 Å². The third-order valence-corrected chi connectivity index (χ3v) is 3.96. The predicted octanol–water partition coefficient (Wildman–Crippen LogP) is 0.433. The fourth-order valence-electron chi connectivity index (χ4n) is 2.73. The van der Waals surface area contributed by atoms with Crippen LogP contribution in [0.4, 0.5) is 4.79 Å². The molecular weight excluding hydrogens is 258 g/mol. The van der Waals surface area contributed by atoms with Crippen LogP contribution in [0.5, 0.6) is 0 Å². The van der Waals surface area contributed by atoms with E-state index in [0.29, 0.717) is 18.6 Å². The van der Waals surface area contributed by atoms with Crippen molar-refractivity contribution in [2.45, 2.75) is 25.9 Å². The molecule has 0 aliphatic carbocycles. The van der Waals surface area contributed by atoms with Gasteiger partial charge >= 0.3 is 6.03 Å². The molecule has 2 heterocycles. The summed E-state index contributed by atoms with van der Waals surface area (Å²) in [5, 5.41) is 5.88. The van der Waals surface area contributed by atoms with Gasteiger partial charge in [0.25, 0.3) is 0 Å². The zero-order valence-corrected chi connectivity index (χ0v) is 12.4. The van der Waals surface area contributed by atoms with Crippen molar-refractivity contribution < 1.29 is 14.3 Å². The van der Waals surface area contributed by atoms with E-state index >= 15 is 0 Å². The number of ether oxygens (including phenoxy) is 2. The Morgan fingerprint density at radius 2 is 2.05 bits per heavy atom. The topological polar surface area (TPSA) is 62.8 Å². The average molecular weight is 285 g/mol. The van der Waals surface area contributed by atoms with Gasteiger partial charge in [0.2, 0.25) is 0 Å². The summed E-state index contributed by atoms with van der Waals surface area (Å²) in [5.74, 6) is 0.545. The Bertz CT molecular complexity index is 295. The van der Waals surface area contributed by atoms with E-state index in [0.717, 1.165) is 58.8 Å². The van der Waals surface area contributed by atoms with Gasteiger partial charge in [0.05, 0.1) is 19.3 Å². The summed E-state index contributed by atoms with van der Waals surface area (Å²) in [5.41, 5.74) is 0. The highest BCUT2D eigenvalue weighted by Crippen LogP contribution is 2.18. The molecule has 0 bridgehead atoms. The molecule has 20 heavy (non-hydrogen) atoms. The van der Waals surface area contributed by atoms with Crippen LogP contribution in [-0.4, -0.2) is 69.6 Å². The van der Waals surface area contributed by atoms with Gasteiger partial charge in [-0.1, -0.05) is 0 Å². The number of carbonyl (C=O) groups excluding carboxylic acids is 1. The number of nitrogens with zero attached hydrogens (tertiary/aromatic N) is 1. The van der Waals surface area contributed by atoms with E-state index in [1.54, 1.807) is 0 Å². The van der Waals surface area contributed by atoms with E-state index in [2.05, 4.69) is 22.5 Å². The normalized spacial score (nSPS) is 28.1. The standard InChI is InChI=1S/C14H27N3O3/c1-12-10-13(2-7-20-12)11-16-14(18)15-3-4-17-5-8-19-9-6-17/h12-13H,2-11H2,1H3,(H2,15,16,18)/t12-,13-/m0/s1. The first-order valence-corrected chi connectivity index (χ1v) is 7.67. The SMILES string of the molecule is C[C@H]1C[C@@H](CNC(=O)NCCN2CCOCC2)CCO1. The van der Waals surface area contributed by atoms with Crippen molar-refractivity contribution in [1.29, 1.82) is 0 Å². The Labute approximate surface area is 121 Å². The number of urea groups is 1. The molecule has 6 heteroatoms. The summed E-state index contributed by atoms with van der Waals surface area (Å²) in [7, 11) is 0. The van der Waals surface area contributed by atoms with Crippen molar-refractivity contribution in [3.63, 3.8) is 0 Å². The summed E-state index contributed by atoms with van der Waals surface area (Å²) in [4.78, 5) is 14.0. The number of amides is 2.